The highest BCUT2D eigenvalue weighted by Crippen LogP contribution is 2.15. The molecule has 0 saturated carbocycles. The number of nitrogen functional groups attached to an aromatic ring is 1. The zero-order valence-corrected chi connectivity index (χ0v) is 10.4. The monoisotopic (exact) mass is 233 g/mol. The Hall–Kier alpha value is -1.62. The van der Waals surface area contributed by atoms with Crippen LogP contribution in [-0.4, -0.2) is 40.1 Å². The first kappa shape index (κ1) is 11.9. The van der Waals surface area contributed by atoms with Gasteiger partial charge in [0.05, 0.1) is 0 Å². The van der Waals surface area contributed by atoms with Crippen molar-refractivity contribution in [1.82, 2.24) is 19.4 Å². The average molecular weight is 233 g/mol. The Morgan fingerprint density at radius 1 is 1.35 bits per heavy atom. The van der Waals surface area contributed by atoms with E-state index in [9.17, 15) is 0 Å². The molecule has 0 aliphatic carbocycles. The van der Waals surface area contributed by atoms with Crippen molar-refractivity contribution in [3.8, 4) is 0 Å². The van der Waals surface area contributed by atoms with E-state index in [0.29, 0.717) is 5.95 Å². The fraction of sp³-hybridized carbons (Fsp3) is 0.500. The second kappa shape index (κ2) is 5.14. The Morgan fingerprint density at radius 2 is 2.18 bits per heavy atom. The minimum atomic E-state index is 0.559. The van der Waals surface area contributed by atoms with E-state index in [2.05, 4.69) is 29.0 Å². The molecule has 17 heavy (non-hydrogen) atoms. The Balaban J connectivity index is 2.05. The maximum absolute atomic E-state index is 5.90. The molecule has 2 heterocycles. The van der Waals surface area contributed by atoms with Crippen molar-refractivity contribution in [2.45, 2.75) is 19.4 Å². The first-order valence-corrected chi connectivity index (χ1v) is 5.90. The summed E-state index contributed by atoms with van der Waals surface area (Å²) in [7, 11) is 4.17. The Labute approximate surface area is 101 Å². The van der Waals surface area contributed by atoms with Gasteiger partial charge in [0.2, 0.25) is 5.95 Å². The van der Waals surface area contributed by atoms with Gasteiger partial charge in [-0.05, 0) is 45.6 Å². The van der Waals surface area contributed by atoms with Crippen LogP contribution in [0.1, 0.15) is 12.8 Å². The largest absolute Gasteiger partial charge is 0.369 e. The van der Waals surface area contributed by atoms with Gasteiger partial charge in [0.25, 0.3) is 0 Å². The summed E-state index contributed by atoms with van der Waals surface area (Å²) in [4.78, 5) is 10.8. The normalized spacial score (nSPS) is 11.5. The Kier molecular flexibility index (Phi) is 3.58. The number of rotatable bonds is 5. The van der Waals surface area contributed by atoms with Crippen LogP contribution in [0, 0.1) is 0 Å². The Morgan fingerprint density at radius 3 is 2.94 bits per heavy atom. The molecule has 92 valence electrons. The quantitative estimate of drug-likeness (QED) is 0.792. The molecule has 0 aliphatic heterocycles. The molecule has 0 radical (unpaired) electrons. The third kappa shape index (κ3) is 2.74. The van der Waals surface area contributed by atoms with Crippen LogP contribution in [0.5, 0.6) is 0 Å². The van der Waals surface area contributed by atoms with Crippen molar-refractivity contribution >= 4 is 17.1 Å². The maximum Gasteiger partial charge on any atom is 0.202 e. The van der Waals surface area contributed by atoms with Gasteiger partial charge in [0.1, 0.15) is 5.52 Å². The van der Waals surface area contributed by atoms with Crippen LogP contribution in [0.3, 0.4) is 0 Å². The van der Waals surface area contributed by atoms with Gasteiger partial charge in [0.15, 0.2) is 5.65 Å². The predicted octanol–water partition coefficient (Wildman–Crippen LogP) is 1.36. The molecule has 5 heteroatoms. The SMILES string of the molecule is CN(C)CCCCn1c(N)nc2cccnc21. The molecule has 2 rings (SSSR count). The molecule has 0 aliphatic rings. The topological polar surface area (TPSA) is 60.0 Å². The minimum Gasteiger partial charge on any atom is -0.369 e. The van der Waals surface area contributed by atoms with Crippen molar-refractivity contribution in [2.75, 3.05) is 26.4 Å². The molecule has 0 spiro atoms. The fourth-order valence-corrected chi connectivity index (χ4v) is 1.89. The van der Waals surface area contributed by atoms with E-state index in [1.807, 2.05) is 16.7 Å². The smallest absolute Gasteiger partial charge is 0.202 e. The van der Waals surface area contributed by atoms with E-state index in [4.69, 9.17) is 5.73 Å². The van der Waals surface area contributed by atoms with Gasteiger partial charge in [-0.15, -0.1) is 0 Å². The van der Waals surface area contributed by atoms with Crippen LogP contribution < -0.4 is 5.73 Å². The summed E-state index contributed by atoms with van der Waals surface area (Å²) >= 11 is 0. The standard InChI is InChI=1S/C12H19N5/c1-16(2)8-3-4-9-17-11-10(15-12(17)13)6-5-7-14-11/h5-7H,3-4,8-9H2,1-2H3,(H2,13,15). The molecule has 0 unspecified atom stereocenters. The summed E-state index contributed by atoms with van der Waals surface area (Å²) in [6.07, 6.45) is 4.02. The molecular formula is C12H19N5. The fourth-order valence-electron chi connectivity index (χ4n) is 1.89. The molecule has 0 bridgehead atoms. The summed E-state index contributed by atoms with van der Waals surface area (Å²) in [6.45, 7) is 1.98. The van der Waals surface area contributed by atoms with Gasteiger partial charge in [-0.25, -0.2) is 9.97 Å². The number of imidazole rings is 1. The number of nitrogens with zero attached hydrogens (tertiary/aromatic N) is 4. The Bertz CT molecular complexity index is 489. The predicted molar refractivity (Wildman–Crippen MR) is 69.7 cm³/mol. The van der Waals surface area contributed by atoms with Crippen LogP contribution in [0.15, 0.2) is 18.3 Å². The number of hydrogen-bond donors (Lipinski definition) is 1. The summed E-state index contributed by atoms with van der Waals surface area (Å²) in [6, 6.07) is 3.82. The number of anilines is 1. The number of unbranched alkanes of at least 4 members (excludes halogenated alkanes) is 1. The second-order valence-corrected chi connectivity index (χ2v) is 4.48. The number of aromatic nitrogens is 3. The van der Waals surface area contributed by atoms with Gasteiger partial charge >= 0.3 is 0 Å². The molecular weight excluding hydrogens is 214 g/mol. The molecule has 5 nitrogen and oxygen atoms in total. The zero-order chi connectivity index (χ0) is 12.3. The van der Waals surface area contributed by atoms with Gasteiger partial charge in [-0.1, -0.05) is 0 Å². The van der Waals surface area contributed by atoms with Crippen molar-refractivity contribution in [2.24, 2.45) is 0 Å². The highest BCUT2D eigenvalue weighted by Gasteiger charge is 2.07. The molecule has 0 aromatic carbocycles. The maximum atomic E-state index is 5.90. The molecule has 0 amide bonds. The highest BCUT2D eigenvalue weighted by atomic mass is 15.2. The van der Waals surface area contributed by atoms with Gasteiger partial charge < -0.3 is 10.6 Å². The summed E-state index contributed by atoms with van der Waals surface area (Å²) in [5.41, 5.74) is 7.65. The lowest BCUT2D eigenvalue weighted by Gasteiger charge is -2.09. The van der Waals surface area contributed by atoms with Crippen LogP contribution in [0.4, 0.5) is 5.95 Å². The van der Waals surface area contributed by atoms with Crippen molar-refractivity contribution < 1.29 is 0 Å². The highest BCUT2D eigenvalue weighted by molar-refractivity contribution is 5.73. The number of pyridine rings is 1. The van der Waals surface area contributed by atoms with Crippen molar-refractivity contribution in [1.29, 1.82) is 0 Å². The van der Waals surface area contributed by atoms with Crippen LogP contribution in [-0.2, 0) is 6.54 Å². The molecule has 2 N–H and O–H groups in total. The molecule has 0 atom stereocenters. The summed E-state index contributed by atoms with van der Waals surface area (Å²) in [5.74, 6) is 0.559. The molecule has 0 fully saturated rings. The molecule has 2 aromatic heterocycles. The summed E-state index contributed by atoms with van der Waals surface area (Å²) in [5, 5.41) is 0. The third-order valence-corrected chi connectivity index (χ3v) is 2.77. The van der Waals surface area contributed by atoms with Gasteiger partial charge in [-0.3, -0.25) is 4.57 Å². The average Bonchev–Trinajstić information content (AvgIpc) is 2.60. The lowest BCUT2D eigenvalue weighted by atomic mass is 10.3. The first-order chi connectivity index (χ1) is 8.18. The number of fused-ring (bicyclic) bond motifs is 1. The van der Waals surface area contributed by atoms with Crippen molar-refractivity contribution in [3.05, 3.63) is 18.3 Å². The van der Waals surface area contributed by atoms with Gasteiger partial charge in [0, 0.05) is 12.7 Å². The van der Waals surface area contributed by atoms with Crippen LogP contribution >= 0.6 is 0 Å². The van der Waals surface area contributed by atoms with Crippen LogP contribution in [0.2, 0.25) is 0 Å². The summed E-state index contributed by atoms with van der Waals surface area (Å²) < 4.78 is 1.99. The van der Waals surface area contributed by atoms with E-state index >= 15 is 0 Å². The lowest BCUT2D eigenvalue weighted by Crippen LogP contribution is -2.14. The van der Waals surface area contributed by atoms with E-state index < -0.39 is 0 Å². The van der Waals surface area contributed by atoms with E-state index in [1.54, 1.807) is 6.20 Å². The molecule has 0 saturated heterocycles. The van der Waals surface area contributed by atoms with E-state index in [-0.39, 0.29) is 0 Å². The molecule has 2 aromatic rings. The minimum absolute atomic E-state index is 0.559. The first-order valence-electron chi connectivity index (χ1n) is 5.90. The van der Waals surface area contributed by atoms with Crippen LogP contribution in [0.25, 0.3) is 11.2 Å². The number of hydrogen-bond acceptors (Lipinski definition) is 4. The van der Waals surface area contributed by atoms with Gasteiger partial charge in [-0.2, -0.15) is 0 Å². The second-order valence-electron chi connectivity index (χ2n) is 4.48. The number of aryl methyl sites for hydroxylation is 1. The lowest BCUT2D eigenvalue weighted by molar-refractivity contribution is 0.388. The number of nitrogens with two attached hydrogens (primary N) is 1. The third-order valence-electron chi connectivity index (χ3n) is 2.77. The van der Waals surface area contributed by atoms with Crippen molar-refractivity contribution in [3.63, 3.8) is 0 Å². The van der Waals surface area contributed by atoms with E-state index in [0.717, 1.165) is 37.1 Å². The van der Waals surface area contributed by atoms with E-state index in [1.165, 1.54) is 0 Å². The zero-order valence-electron chi connectivity index (χ0n) is 10.4.